The molecule has 0 fully saturated rings. The molecule has 0 aliphatic rings. The Balaban J connectivity index is 1.32. The first-order chi connectivity index (χ1) is 22.8. The Morgan fingerprint density at radius 2 is 1.21 bits per heavy atom. The van der Waals surface area contributed by atoms with E-state index in [0.29, 0.717) is 50.7 Å². The van der Waals surface area contributed by atoms with E-state index in [2.05, 4.69) is 15.3 Å². The van der Waals surface area contributed by atoms with Crippen molar-refractivity contribution in [1.29, 1.82) is 0 Å². The number of hydrogen-bond donors (Lipinski definition) is 2. The van der Waals surface area contributed by atoms with Gasteiger partial charge in [-0.3, -0.25) is 19.6 Å². The molecule has 10 heteroatoms. The van der Waals surface area contributed by atoms with E-state index in [4.69, 9.17) is 9.47 Å². The number of fused-ring (bicyclic) bond motifs is 2. The minimum absolute atomic E-state index is 0.0438. The number of esters is 1. The summed E-state index contributed by atoms with van der Waals surface area (Å²) in [5.74, 6) is -0.768. The number of amides is 1. The zero-order valence-electron chi connectivity index (χ0n) is 25.1. The van der Waals surface area contributed by atoms with Gasteiger partial charge in [-0.05, 0) is 82.9 Å². The molecule has 232 valence electrons. The lowest BCUT2D eigenvalue weighted by Crippen LogP contribution is -2.29. The Kier molecular flexibility index (Phi) is 8.65. The van der Waals surface area contributed by atoms with Crippen LogP contribution in [0.3, 0.4) is 0 Å². The molecular weight excluding hydrogens is 598 g/mol. The van der Waals surface area contributed by atoms with Gasteiger partial charge in [-0.25, -0.2) is 9.59 Å². The number of benzene rings is 4. The van der Waals surface area contributed by atoms with Gasteiger partial charge in [0, 0.05) is 35.2 Å². The lowest BCUT2D eigenvalue weighted by molar-refractivity contribution is -0.117. The number of Topliss-reactive ketones (excluding diaryl/α,β-unsaturated/α-hetero) is 1. The fraction of sp³-hybridized carbons (Fsp3) is 0.0811. The third-order valence-corrected chi connectivity index (χ3v) is 7.47. The highest BCUT2D eigenvalue weighted by molar-refractivity contribution is 6.00. The number of aromatic nitrogens is 2. The molecule has 0 bridgehead atoms. The van der Waals surface area contributed by atoms with Crippen LogP contribution in [0.15, 0.2) is 109 Å². The number of rotatable bonds is 9. The first kappa shape index (κ1) is 30.6. The number of hydrogen-bond acceptors (Lipinski definition) is 8. The maximum absolute atomic E-state index is 13.6. The molecule has 47 heavy (non-hydrogen) atoms. The molecule has 0 atom stereocenters. The smallest absolute Gasteiger partial charge is 0.449 e. The maximum atomic E-state index is 13.6. The highest BCUT2D eigenvalue weighted by Crippen LogP contribution is 2.34. The van der Waals surface area contributed by atoms with Crippen LogP contribution in [0, 0.1) is 0 Å². The van der Waals surface area contributed by atoms with E-state index in [-0.39, 0.29) is 35.3 Å². The van der Waals surface area contributed by atoms with Crippen LogP contribution >= 0.6 is 0 Å². The third kappa shape index (κ3) is 6.81. The minimum Gasteiger partial charge on any atom is -0.449 e. The first-order valence-electron chi connectivity index (χ1n) is 14.7. The highest BCUT2D eigenvalue weighted by atomic mass is 16.7. The number of nitrogens with zero attached hydrogens (tertiary/aromatic N) is 2. The van der Waals surface area contributed by atoms with Crippen molar-refractivity contribution in [3.63, 3.8) is 0 Å². The van der Waals surface area contributed by atoms with Gasteiger partial charge in [0.25, 0.3) is 5.91 Å². The molecule has 10 nitrogen and oxygen atoms in total. The predicted octanol–water partition coefficient (Wildman–Crippen LogP) is 7.10. The van der Waals surface area contributed by atoms with Gasteiger partial charge in [0.1, 0.15) is 11.0 Å². The summed E-state index contributed by atoms with van der Waals surface area (Å²) in [4.78, 5) is 58.0. The molecule has 0 unspecified atom stereocenters. The number of pyridine rings is 2. The summed E-state index contributed by atoms with van der Waals surface area (Å²) in [6.07, 6.45) is 2.02. The highest BCUT2D eigenvalue weighted by Gasteiger charge is 2.17. The second-order valence-electron chi connectivity index (χ2n) is 10.6. The Hall–Kier alpha value is -6.42. The van der Waals surface area contributed by atoms with Crippen molar-refractivity contribution >= 4 is 45.6 Å². The largest absolute Gasteiger partial charge is 0.511 e. The van der Waals surface area contributed by atoms with Crippen molar-refractivity contribution in [3.8, 4) is 33.8 Å². The number of carbonyl (C=O) groups is 4. The Morgan fingerprint density at radius 3 is 1.79 bits per heavy atom. The minimum atomic E-state index is -1.46. The summed E-state index contributed by atoms with van der Waals surface area (Å²) in [6.45, 7) is 1.69. The van der Waals surface area contributed by atoms with E-state index in [1.165, 1.54) is 0 Å². The fourth-order valence-electron chi connectivity index (χ4n) is 5.13. The summed E-state index contributed by atoms with van der Waals surface area (Å²) in [5.41, 5.74) is 4.16. The van der Waals surface area contributed by atoms with Crippen molar-refractivity contribution in [2.75, 3.05) is 6.54 Å². The molecule has 0 aliphatic carbocycles. The van der Waals surface area contributed by atoms with E-state index in [0.717, 1.165) is 5.39 Å². The van der Waals surface area contributed by atoms with Crippen LogP contribution in [-0.2, 0) is 4.79 Å². The molecule has 6 rings (SSSR count). The van der Waals surface area contributed by atoms with Gasteiger partial charge in [0.15, 0.2) is 17.3 Å². The molecule has 0 aliphatic heterocycles. The average molecular weight is 626 g/mol. The molecule has 0 saturated heterocycles. The van der Waals surface area contributed by atoms with Gasteiger partial charge < -0.3 is 19.9 Å². The Morgan fingerprint density at radius 1 is 0.660 bits per heavy atom. The molecule has 0 saturated carbocycles. The zero-order chi connectivity index (χ0) is 32.9. The molecule has 1 amide bonds. The quantitative estimate of drug-likeness (QED) is 0.0976. The molecule has 2 heterocycles. The van der Waals surface area contributed by atoms with Gasteiger partial charge in [0.2, 0.25) is 0 Å². The van der Waals surface area contributed by atoms with Crippen molar-refractivity contribution in [2.45, 2.75) is 13.3 Å². The summed E-state index contributed by atoms with van der Waals surface area (Å²) in [6, 6.07) is 27.8. The van der Waals surface area contributed by atoms with Crippen LogP contribution in [0.4, 0.5) is 4.79 Å². The average Bonchev–Trinajstić information content (AvgIpc) is 3.10. The number of ketones is 1. The van der Waals surface area contributed by atoms with E-state index < -0.39 is 12.1 Å². The fourth-order valence-corrected chi connectivity index (χ4v) is 5.13. The third-order valence-electron chi connectivity index (χ3n) is 7.47. The summed E-state index contributed by atoms with van der Waals surface area (Å²) < 4.78 is 10.9. The molecule has 2 aromatic heterocycles. The van der Waals surface area contributed by atoms with E-state index in [9.17, 15) is 24.3 Å². The van der Waals surface area contributed by atoms with Crippen LogP contribution < -0.4 is 14.8 Å². The van der Waals surface area contributed by atoms with Gasteiger partial charge >= 0.3 is 12.1 Å². The van der Waals surface area contributed by atoms with E-state index in [1.807, 2.05) is 24.3 Å². The second kappa shape index (κ2) is 13.3. The van der Waals surface area contributed by atoms with E-state index >= 15 is 0 Å². The van der Waals surface area contributed by atoms with Crippen molar-refractivity contribution in [3.05, 3.63) is 121 Å². The van der Waals surface area contributed by atoms with Gasteiger partial charge in [-0.15, -0.1) is 0 Å². The zero-order valence-corrected chi connectivity index (χ0v) is 25.1. The normalized spacial score (nSPS) is 10.8. The van der Waals surface area contributed by atoms with Gasteiger partial charge in [-0.1, -0.05) is 43.3 Å². The maximum Gasteiger partial charge on any atom is 0.511 e. The van der Waals surface area contributed by atoms with E-state index in [1.54, 1.807) is 92.1 Å². The van der Waals surface area contributed by atoms with Crippen LogP contribution in [0.5, 0.6) is 11.5 Å². The number of carboxylic acid groups (broad SMARTS) is 1. The van der Waals surface area contributed by atoms with Crippen LogP contribution in [0.2, 0.25) is 0 Å². The molecule has 0 radical (unpaired) electrons. The standard InChI is InChI=1S/C37H27N3O7/c1-2-30(41)21-40-35(42)26-9-3-7-22(15-26)28-17-24-11-5-13-38-33(24)31(19-28)46-36(43)27-10-4-8-23(16-27)29-18-25-12-6-14-39-34(25)32(20-29)47-37(44)45/h3-20H,2,21H2,1H3,(H,40,42)(H,44,45). The van der Waals surface area contributed by atoms with Crippen LogP contribution in [0.25, 0.3) is 44.1 Å². The predicted molar refractivity (Wildman–Crippen MR) is 176 cm³/mol. The second-order valence-corrected chi connectivity index (χ2v) is 10.6. The Labute approximate surface area is 268 Å². The monoisotopic (exact) mass is 625 g/mol. The van der Waals surface area contributed by atoms with Crippen molar-refractivity contribution in [1.82, 2.24) is 15.3 Å². The lowest BCUT2D eigenvalue weighted by Gasteiger charge is -2.12. The number of nitrogens with one attached hydrogen (secondary N) is 1. The number of carbonyl (C=O) groups excluding carboxylic acids is 3. The van der Waals surface area contributed by atoms with Crippen LogP contribution in [0.1, 0.15) is 34.1 Å². The number of ether oxygens (including phenoxy) is 2. The molecule has 0 spiro atoms. The summed E-state index contributed by atoms with van der Waals surface area (Å²) >= 11 is 0. The molecule has 4 aromatic carbocycles. The first-order valence-corrected chi connectivity index (χ1v) is 14.7. The summed E-state index contributed by atoms with van der Waals surface area (Å²) in [5, 5.41) is 13.3. The SMILES string of the molecule is CCC(=O)CNC(=O)c1cccc(-c2cc(OC(=O)c3cccc(-c4cc(OC(=O)O)c5ncccc5c4)c3)c3ncccc3c2)c1. The molecule has 2 N–H and O–H groups in total. The van der Waals surface area contributed by atoms with Crippen LogP contribution in [-0.4, -0.2) is 45.4 Å². The lowest BCUT2D eigenvalue weighted by atomic mass is 10.00. The van der Waals surface area contributed by atoms with Crippen molar-refractivity contribution in [2.24, 2.45) is 0 Å². The Bertz CT molecular complexity index is 2200. The molecular formula is C37H27N3O7. The topological polar surface area (TPSA) is 145 Å². The molecule has 6 aromatic rings. The summed E-state index contributed by atoms with van der Waals surface area (Å²) in [7, 11) is 0. The van der Waals surface area contributed by atoms with Gasteiger partial charge in [0.05, 0.1) is 12.1 Å². The van der Waals surface area contributed by atoms with Gasteiger partial charge in [-0.2, -0.15) is 0 Å². The van der Waals surface area contributed by atoms with Crippen molar-refractivity contribution < 1.29 is 33.8 Å².